The number of nitrogens with zero attached hydrogens (tertiary/aromatic N) is 2. The smallest absolute Gasteiger partial charge is 0.251 e. The van der Waals surface area contributed by atoms with Crippen LogP contribution in [0.1, 0.15) is 28.9 Å². The van der Waals surface area contributed by atoms with Gasteiger partial charge in [-0.2, -0.15) is 0 Å². The van der Waals surface area contributed by atoms with Crippen molar-refractivity contribution < 1.29 is 4.79 Å². The summed E-state index contributed by atoms with van der Waals surface area (Å²) in [7, 11) is 0. The molecule has 4 nitrogen and oxygen atoms in total. The maximum atomic E-state index is 12.3. The lowest BCUT2D eigenvalue weighted by atomic mass is 10.1. The maximum absolute atomic E-state index is 12.3. The van der Waals surface area contributed by atoms with Gasteiger partial charge in [-0.1, -0.05) is 34.1 Å². The van der Waals surface area contributed by atoms with E-state index in [2.05, 4.69) is 26.2 Å². The fraction of sp³-hybridized carbons (Fsp3) is 0.111. The average molecular weight is 370 g/mol. The first-order valence-corrected chi connectivity index (χ1v) is 8.07. The molecule has 0 saturated heterocycles. The van der Waals surface area contributed by atoms with Crippen LogP contribution in [0.4, 0.5) is 0 Å². The summed E-state index contributed by atoms with van der Waals surface area (Å²) in [6, 6.07) is 15.3. The van der Waals surface area contributed by atoms with Crippen LogP contribution < -0.4 is 5.32 Å². The monoisotopic (exact) mass is 369 g/mol. The van der Waals surface area contributed by atoms with Gasteiger partial charge >= 0.3 is 0 Å². The van der Waals surface area contributed by atoms with E-state index >= 15 is 0 Å². The van der Waals surface area contributed by atoms with Gasteiger partial charge < -0.3 is 9.88 Å². The molecule has 116 valence electrons. The number of hydrogen-bond donors (Lipinski definition) is 1. The first-order valence-electron chi connectivity index (χ1n) is 7.28. The lowest BCUT2D eigenvalue weighted by Crippen LogP contribution is -2.26. The van der Waals surface area contributed by atoms with Gasteiger partial charge in [-0.05, 0) is 42.8 Å². The van der Waals surface area contributed by atoms with Gasteiger partial charge in [-0.25, -0.2) is 4.98 Å². The Bertz CT molecular complexity index is 797. The van der Waals surface area contributed by atoms with E-state index in [1.807, 2.05) is 60.2 Å². The van der Waals surface area contributed by atoms with Crippen LogP contribution in [0, 0.1) is 0 Å². The number of aromatic nitrogens is 2. The average Bonchev–Trinajstić information content (AvgIpc) is 3.09. The molecule has 0 saturated carbocycles. The summed E-state index contributed by atoms with van der Waals surface area (Å²) in [4.78, 5) is 16.3. The number of imidazole rings is 1. The molecule has 2 aromatic carbocycles. The van der Waals surface area contributed by atoms with Crippen molar-refractivity contribution in [2.24, 2.45) is 0 Å². The Labute approximate surface area is 143 Å². The minimum absolute atomic E-state index is 0.0710. The zero-order chi connectivity index (χ0) is 16.2. The van der Waals surface area contributed by atoms with E-state index in [9.17, 15) is 4.79 Å². The topological polar surface area (TPSA) is 46.9 Å². The van der Waals surface area contributed by atoms with Crippen molar-refractivity contribution in [1.29, 1.82) is 0 Å². The molecule has 1 N–H and O–H groups in total. The van der Waals surface area contributed by atoms with Crippen molar-refractivity contribution in [3.8, 4) is 5.69 Å². The Morgan fingerprint density at radius 2 is 2.00 bits per heavy atom. The summed E-state index contributed by atoms with van der Waals surface area (Å²) < 4.78 is 2.83. The van der Waals surface area contributed by atoms with Gasteiger partial charge in [0, 0.05) is 28.1 Å². The third-order valence-electron chi connectivity index (χ3n) is 3.63. The van der Waals surface area contributed by atoms with Crippen LogP contribution in [0.3, 0.4) is 0 Å². The number of hydrogen-bond acceptors (Lipinski definition) is 2. The van der Waals surface area contributed by atoms with Gasteiger partial charge in [0.15, 0.2) is 0 Å². The molecule has 0 aliphatic carbocycles. The summed E-state index contributed by atoms with van der Waals surface area (Å²) in [6.45, 7) is 1.97. The lowest BCUT2D eigenvalue weighted by molar-refractivity contribution is 0.0940. The molecule has 3 aromatic rings. The summed E-state index contributed by atoms with van der Waals surface area (Å²) in [5.41, 5.74) is 2.73. The van der Waals surface area contributed by atoms with Gasteiger partial charge in [0.1, 0.15) is 0 Å². The second-order valence-corrected chi connectivity index (χ2v) is 6.18. The van der Waals surface area contributed by atoms with Gasteiger partial charge in [-0.3, -0.25) is 4.79 Å². The first-order chi connectivity index (χ1) is 11.1. The van der Waals surface area contributed by atoms with E-state index in [0.29, 0.717) is 5.56 Å². The van der Waals surface area contributed by atoms with Crippen molar-refractivity contribution in [2.75, 3.05) is 0 Å². The molecule has 1 aromatic heterocycles. The van der Waals surface area contributed by atoms with Crippen LogP contribution in [-0.2, 0) is 0 Å². The standard InChI is InChI=1S/C18H16BrN3O/c1-13(21-18(23)15-3-2-4-16(19)11-15)14-5-7-17(8-6-14)22-10-9-20-12-22/h2-13H,1H3,(H,21,23)/t13-/m0/s1. The Hall–Kier alpha value is -2.40. The molecular weight excluding hydrogens is 354 g/mol. The second kappa shape index (κ2) is 6.79. The summed E-state index contributed by atoms with van der Waals surface area (Å²) in [6.07, 6.45) is 5.40. The molecule has 0 aliphatic rings. The van der Waals surface area contributed by atoms with Crippen LogP contribution in [0.2, 0.25) is 0 Å². The minimum atomic E-state index is -0.0857. The fourth-order valence-corrected chi connectivity index (χ4v) is 2.74. The molecule has 0 bridgehead atoms. The molecule has 1 atom stereocenters. The molecule has 0 fully saturated rings. The molecule has 0 aliphatic heterocycles. The molecule has 5 heteroatoms. The van der Waals surface area contributed by atoms with Crippen molar-refractivity contribution in [1.82, 2.24) is 14.9 Å². The highest BCUT2D eigenvalue weighted by Gasteiger charge is 2.11. The molecule has 3 rings (SSSR count). The molecule has 0 radical (unpaired) electrons. The van der Waals surface area contributed by atoms with Gasteiger partial charge in [-0.15, -0.1) is 0 Å². The summed E-state index contributed by atoms with van der Waals surface area (Å²) in [5.74, 6) is -0.0857. The van der Waals surface area contributed by atoms with Crippen molar-refractivity contribution in [2.45, 2.75) is 13.0 Å². The number of carbonyl (C=O) groups is 1. The first kappa shape index (κ1) is 15.5. The fourth-order valence-electron chi connectivity index (χ4n) is 2.34. The predicted octanol–water partition coefficient (Wildman–Crippen LogP) is 4.13. The van der Waals surface area contributed by atoms with E-state index in [0.717, 1.165) is 15.7 Å². The van der Waals surface area contributed by atoms with Crippen LogP contribution in [0.5, 0.6) is 0 Å². The molecular formula is C18H16BrN3O. The quantitative estimate of drug-likeness (QED) is 0.751. The number of halogens is 1. The molecule has 0 spiro atoms. The van der Waals surface area contributed by atoms with E-state index in [-0.39, 0.29) is 11.9 Å². The largest absolute Gasteiger partial charge is 0.346 e. The Morgan fingerprint density at radius 3 is 2.65 bits per heavy atom. The highest BCUT2D eigenvalue weighted by molar-refractivity contribution is 9.10. The van der Waals surface area contributed by atoms with E-state index in [1.54, 1.807) is 18.6 Å². The third-order valence-corrected chi connectivity index (χ3v) is 4.12. The molecule has 1 heterocycles. The van der Waals surface area contributed by atoms with Crippen LogP contribution in [-0.4, -0.2) is 15.5 Å². The minimum Gasteiger partial charge on any atom is -0.346 e. The van der Waals surface area contributed by atoms with Gasteiger partial charge in [0.2, 0.25) is 0 Å². The van der Waals surface area contributed by atoms with Crippen molar-refractivity contribution in [3.63, 3.8) is 0 Å². The number of amides is 1. The molecule has 23 heavy (non-hydrogen) atoms. The Kier molecular flexibility index (Phi) is 4.57. The highest BCUT2D eigenvalue weighted by atomic mass is 79.9. The number of benzene rings is 2. The van der Waals surface area contributed by atoms with Crippen LogP contribution in [0.15, 0.2) is 71.7 Å². The third kappa shape index (κ3) is 3.68. The predicted molar refractivity (Wildman–Crippen MR) is 93.6 cm³/mol. The summed E-state index contributed by atoms with van der Waals surface area (Å²) >= 11 is 3.38. The van der Waals surface area contributed by atoms with Gasteiger partial charge in [0.25, 0.3) is 5.91 Å². The summed E-state index contributed by atoms with van der Waals surface area (Å²) in [5, 5.41) is 3.01. The van der Waals surface area contributed by atoms with E-state index in [4.69, 9.17) is 0 Å². The number of rotatable bonds is 4. The Balaban J connectivity index is 1.70. The van der Waals surface area contributed by atoms with E-state index < -0.39 is 0 Å². The number of nitrogens with one attached hydrogen (secondary N) is 1. The second-order valence-electron chi connectivity index (χ2n) is 5.27. The van der Waals surface area contributed by atoms with E-state index in [1.165, 1.54) is 0 Å². The SMILES string of the molecule is C[C@H](NC(=O)c1cccc(Br)c1)c1ccc(-n2ccnc2)cc1. The normalized spacial score (nSPS) is 11.9. The maximum Gasteiger partial charge on any atom is 0.251 e. The van der Waals surface area contributed by atoms with Crippen molar-refractivity contribution >= 4 is 21.8 Å². The highest BCUT2D eigenvalue weighted by Crippen LogP contribution is 2.17. The van der Waals surface area contributed by atoms with Crippen LogP contribution in [0.25, 0.3) is 5.69 Å². The molecule has 1 amide bonds. The molecule has 0 unspecified atom stereocenters. The van der Waals surface area contributed by atoms with Crippen LogP contribution >= 0.6 is 15.9 Å². The zero-order valence-electron chi connectivity index (χ0n) is 12.6. The van der Waals surface area contributed by atoms with Crippen molar-refractivity contribution in [3.05, 3.63) is 82.9 Å². The lowest BCUT2D eigenvalue weighted by Gasteiger charge is -2.15. The zero-order valence-corrected chi connectivity index (χ0v) is 14.2. The van der Waals surface area contributed by atoms with Gasteiger partial charge in [0.05, 0.1) is 12.4 Å². The number of carbonyl (C=O) groups excluding carboxylic acids is 1. The Morgan fingerprint density at radius 1 is 1.22 bits per heavy atom.